The third kappa shape index (κ3) is 13.0. The van der Waals surface area contributed by atoms with Crippen LogP contribution in [0.25, 0.3) is 33.6 Å². The van der Waals surface area contributed by atoms with E-state index in [1.165, 1.54) is 5.56 Å². The van der Waals surface area contributed by atoms with Crippen molar-refractivity contribution >= 4 is 18.0 Å². The lowest BCUT2D eigenvalue weighted by molar-refractivity contribution is -0.134. The minimum absolute atomic E-state index is 0.0733. The number of nitrogens with one attached hydrogen (secondary N) is 5. The second kappa shape index (κ2) is 23.4. The van der Waals surface area contributed by atoms with Crippen molar-refractivity contribution in [3.8, 4) is 33.6 Å². The average molecular weight is 796 g/mol. The summed E-state index contributed by atoms with van der Waals surface area (Å²) >= 11 is 0. The molecule has 2 unspecified atom stereocenters. The first-order valence-corrected chi connectivity index (χ1v) is 21.0. The van der Waals surface area contributed by atoms with Gasteiger partial charge in [0.25, 0.3) is 0 Å². The number of benzene rings is 3. The third-order valence-corrected chi connectivity index (χ3v) is 10.2. The lowest BCUT2D eigenvalue weighted by Gasteiger charge is -2.30. The number of likely N-dealkylation sites (tertiary alicyclic amines) is 1. The average Bonchev–Trinajstić information content (AvgIpc) is 4.08. The number of aromatic amines is 2. The molecule has 0 bridgehead atoms. The van der Waals surface area contributed by atoms with Gasteiger partial charge in [-0.05, 0) is 84.6 Å². The van der Waals surface area contributed by atoms with Gasteiger partial charge in [0.15, 0.2) is 0 Å². The number of amides is 2. The molecule has 0 saturated carbocycles. The summed E-state index contributed by atoms with van der Waals surface area (Å²) < 4.78 is 0. The molecule has 3 aromatic heterocycles. The zero-order valence-corrected chi connectivity index (χ0v) is 35.2. The molecule has 310 valence electrons. The SMILES string of the molecule is CC(C)C(Nc1cccnc1)C(=O)N1CCCC1c1ncc(-c2ccc(-c3ccc(-c4cnc(CCc5ccccc5)[nH]4)cc3)cc2)[nH]1.CCCNC=O.CCNCC. The molecule has 0 aliphatic carbocycles. The summed E-state index contributed by atoms with van der Waals surface area (Å²) in [5.74, 6) is 2.05. The Bertz CT molecular complexity index is 2090. The van der Waals surface area contributed by atoms with E-state index in [-0.39, 0.29) is 23.9 Å². The van der Waals surface area contributed by atoms with Crippen LogP contribution in [0.15, 0.2) is 116 Å². The van der Waals surface area contributed by atoms with Gasteiger partial charge < -0.3 is 30.8 Å². The van der Waals surface area contributed by atoms with Gasteiger partial charge in [0.1, 0.15) is 17.7 Å². The van der Waals surface area contributed by atoms with Gasteiger partial charge in [-0.25, -0.2) is 9.97 Å². The highest BCUT2D eigenvalue weighted by molar-refractivity contribution is 5.85. The molecule has 6 aromatic rings. The Morgan fingerprint density at radius 1 is 0.797 bits per heavy atom. The van der Waals surface area contributed by atoms with Crippen molar-refractivity contribution < 1.29 is 9.59 Å². The van der Waals surface area contributed by atoms with Gasteiger partial charge in [-0.3, -0.25) is 14.6 Å². The molecule has 59 heavy (non-hydrogen) atoms. The largest absolute Gasteiger partial charge is 0.372 e. The summed E-state index contributed by atoms with van der Waals surface area (Å²) in [5, 5.41) is 9.04. The number of imidazole rings is 2. The van der Waals surface area contributed by atoms with Crippen molar-refractivity contribution in [1.29, 1.82) is 0 Å². The van der Waals surface area contributed by atoms with Crippen molar-refractivity contribution in [2.45, 2.75) is 78.8 Å². The zero-order valence-electron chi connectivity index (χ0n) is 35.2. The van der Waals surface area contributed by atoms with E-state index in [4.69, 9.17) is 4.98 Å². The molecule has 4 heterocycles. The van der Waals surface area contributed by atoms with E-state index in [0.717, 1.165) is 109 Å². The highest BCUT2D eigenvalue weighted by Gasteiger charge is 2.36. The first-order valence-electron chi connectivity index (χ1n) is 21.0. The molecule has 2 atom stereocenters. The number of H-pyrrole nitrogens is 2. The van der Waals surface area contributed by atoms with Crippen LogP contribution in [0.2, 0.25) is 0 Å². The smallest absolute Gasteiger partial charge is 0.245 e. The molecule has 7 rings (SSSR count). The highest BCUT2D eigenvalue weighted by atomic mass is 16.2. The molecule has 1 aliphatic rings. The van der Waals surface area contributed by atoms with Crippen LogP contribution in [0.1, 0.15) is 77.1 Å². The number of nitrogens with zero attached hydrogens (tertiary/aromatic N) is 4. The Morgan fingerprint density at radius 2 is 1.44 bits per heavy atom. The van der Waals surface area contributed by atoms with E-state index in [2.05, 4.69) is 136 Å². The standard InChI is InChI=1S/C40H41N7O.C4H9NO.C4H11N/c1-27(2)38(44-33-10-6-22-41-24-33)40(48)47-23-7-11-36(47)39-43-26-35(46-39)32-19-15-30(16-20-32)29-13-17-31(18-14-29)34-25-42-37(45-34)21-12-28-8-4-3-5-9-28;1-2-3-5-4-6;1-3-5-4-2/h3-6,8-10,13-20,22,24-27,36,38,44H,7,11-12,21,23H2,1-2H3,(H,42,45)(H,43,46);4H,2-3H2,1H3,(H,5,6);5H,3-4H2,1-2H3. The Labute approximate surface area is 349 Å². The Morgan fingerprint density at radius 3 is 2.00 bits per heavy atom. The number of aromatic nitrogens is 5. The monoisotopic (exact) mass is 795 g/mol. The molecule has 2 amide bonds. The molecular weight excluding hydrogens is 735 g/mol. The molecule has 11 nitrogen and oxygen atoms in total. The molecule has 5 N–H and O–H groups in total. The number of aryl methyl sites for hydroxylation is 2. The van der Waals surface area contributed by atoms with Gasteiger partial charge in [-0.15, -0.1) is 0 Å². The predicted octanol–water partition coefficient (Wildman–Crippen LogP) is 8.87. The summed E-state index contributed by atoms with van der Waals surface area (Å²) in [7, 11) is 0. The van der Waals surface area contributed by atoms with Crippen LogP contribution in [0.5, 0.6) is 0 Å². The molecule has 1 aliphatic heterocycles. The normalized spacial score (nSPS) is 13.8. The van der Waals surface area contributed by atoms with E-state index >= 15 is 0 Å². The summed E-state index contributed by atoms with van der Waals surface area (Å²) in [4.78, 5) is 45.8. The highest BCUT2D eigenvalue weighted by Crippen LogP contribution is 2.34. The molecule has 0 radical (unpaired) electrons. The van der Waals surface area contributed by atoms with Crippen LogP contribution < -0.4 is 16.0 Å². The summed E-state index contributed by atoms with van der Waals surface area (Å²) in [6.07, 6.45) is 12.7. The van der Waals surface area contributed by atoms with Crippen molar-refractivity contribution in [2.24, 2.45) is 5.92 Å². The Hall–Kier alpha value is -6.07. The number of pyridine rings is 1. The Kier molecular flexibility index (Phi) is 17.4. The fourth-order valence-electron chi connectivity index (χ4n) is 6.97. The van der Waals surface area contributed by atoms with Gasteiger partial charge in [0.05, 0.1) is 35.5 Å². The fraction of sp³-hybridized carbons (Fsp3) is 0.354. The van der Waals surface area contributed by atoms with Crippen LogP contribution in [-0.4, -0.2) is 74.4 Å². The lowest BCUT2D eigenvalue weighted by Crippen LogP contribution is -2.45. The first-order chi connectivity index (χ1) is 28.8. The van der Waals surface area contributed by atoms with Crippen LogP contribution in [0, 0.1) is 5.92 Å². The van der Waals surface area contributed by atoms with Crippen molar-refractivity contribution in [3.05, 3.63) is 133 Å². The Balaban J connectivity index is 0.000000533. The van der Waals surface area contributed by atoms with E-state index in [1.807, 2.05) is 42.4 Å². The number of hydrogen-bond acceptors (Lipinski definition) is 7. The summed E-state index contributed by atoms with van der Waals surface area (Å²) in [5.41, 5.74) is 8.61. The number of rotatable bonds is 16. The zero-order chi connectivity index (χ0) is 41.8. The fourth-order valence-corrected chi connectivity index (χ4v) is 6.97. The van der Waals surface area contributed by atoms with E-state index in [9.17, 15) is 9.59 Å². The maximum absolute atomic E-state index is 13.8. The quantitative estimate of drug-likeness (QED) is 0.0487. The van der Waals surface area contributed by atoms with Crippen molar-refractivity contribution in [2.75, 3.05) is 31.5 Å². The molecule has 3 aromatic carbocycles. The second-order valence-corrected chi connectivity index (χ2v) is 14.9. The van der Waals surface area contributed by atoms with Crippen LogP contribution in [0.3, 0.4) is 0 Å². The van der Waals surface area contributed by atoms with Gasteiger partial charge in [-0.1, -0.05) is 113 Å². The van der Waals surface area contributed by atoms with Gasteiger partial charge in [0.2, 0.25) is 12.3 Å². The predicted molar refractivity (Wildman–Crippen MR) is 240 cm³/mol. The molecule has 1 fully saturated rings. The topological polar surface area (TPSA) is 144 Å². The van der Waals surface area contributed by atoms with Crippen molar-refractivity contribution in [3.63, 3.8) is 0 Å². The van der Waals surface area contributed by atoms with Crippen LogP contribution in [0.4, 0.5) is 5.69 Å². The van der Waals surface area contributed by atoms with E-state index in [1.54, 1.807) is 12.4 Å². The van der Waals surface area contributed by atoms with Gasteiger partial charge in [0, 0.05) is 31.9 Å². The van der Waals surface area contributed by atoms with Crippen LogP contribution >= 0.6 is 0 Å². The number of carbonyl (C=O) groups excluding carboxylic acids is 2. The summed E-state index contributed by atoms with van der Waals surface area (Å²) in [6, 6.07) is 31.0. The molecule has 1 saturated heterocycles. The van der Waals surface area contributed by atoms with Crippen LogP contribution in [-0.2, 0) is 22.4 Å². The number of carbonyl (C=O) groups is 2. The maximum Gasteiger partial charge on any atom is 0.245 e. The first kappa shape index (κ1) is 44.0. The minimum Gasteiger partial charge on any atom is -0.372 e. The van der Waals surface area contributed by atoms with E-state index < -0.39 is 0 Å². The van der Waals surface area contributed by atoms with Gasteiger partial charge >= 0.3 is 0 Å². The lowest BCUT2D eigenvalue weighted by atomic mass is 10.0. The second-order valence-electron chi connectivity index (χ2n) is 14.9. The molecule has 11 heteroatoms. The summed E-state index contributed by atoms with van der Waals surface area (Å²) in [6.45, 7) is 14.1. The minimum atomic E-state index is -0.340. The molecular formula is C48H61N9O2. The number of hydrogen-bond donors (Lipinski definition) is 5. The third-order valence-electron chi connectivity index (χ3n) is 10.2. The van der Waals surface area contributed by atoms with E-state index in [0.29, 0.717) is 6.41 Å². The van der Waals surface area contributed by atoms with Gasteiger partial charge in [-0.2, -0.15) is 0 Å². The maximum atomic E-state index is 13.8. The molecule has 0 spiro atoms. The number of anilines is 1. The van der Waals surface area contributed by atoms with Crippen molar-refractivity contribution in [1.82, 2.24) is 40.5 Å².